The van der Waals surface area contributed by atoms with Gasteiger partial charge in [0, 0.05) is 28.7 Å². The molecule has 1 atom stereocenters. The number of carbonyl (C=O) groups excluding carboxylic acids is 1. The highest BCUT2D eigenvalue weighted by atomic mass is 16.5. The van der Waals surface area contributed by atoms with Crippen molar-refractivity contribution in [3.8, 4) is 5.75 Å². The summed E-state index contributed by atoms with van der Waals surface area (Å²) in [6.45, 7) is 10.3. The second-order valence-electron chi connectivity index (χ2n) is 12.1. The fourth-order valence-corrected chi connectivity index (χ4v) is 5.65. The van der Waals surface area contributed by atoms with Crippen LogP contribution in [0.3, 0.4) is 0 Å². The van der Waals surface area contributed by atoms with Crippen molar-refractivity contribution in [2.24, 2.45) is 5.92 Å². The topological polar surface area (TPSA) is 80.6 Å². The summed E-state index contributed by atoms with van der Waals surface area (Å²) in [4.78, 5) is 24.9. The van der Waals surface area contributed by atoms with Gasteiger partial charge in [0.1, 0.15) is 5.75 Å². The summed E-state index contributed by atoms with van der Waals surface area (Å²) in [6, 6.07) is 21.8. The van der Waals surface area contributed by atoms with Crippen LogP contribution in [0, 0.1) is 19.8 Å². The highest BCUT2D eigenvalue weighted by Crippen LogP contribution is 2.34. The van der Waals surface area contributed by atoms with E-state index < -0.39 is 11.6 Å². The van der Waals surface area contributed by atoms with Crippen molar-refractivity contribution in [3.05, 3.63) is 100 Å². The molecule has 1 heterocycles. The van der Waals surface area contributed by atoms with Crippen molar-refractivity contribution >= 4 is 22.8 Å². The molecule has 214 valence electrons. The highest BCUT2D eigenvalue weighted by molar-refractivity contribution is 5.99. The van der Waals surface area contributed by atoms with E-state index in [1.54, 1.807) is 19.9 Å². The maximum atomic E-state index is 13.4. The number of ether oxygens (including phenoxy) is 1. The Morgan fingerprint density at radius 3 is 2.49 bits per heavy atom. The lowest BCUT2D eigenvalue weighted by molar-refractivity contribution is -0.152. The molecule has 6 nitrogen and oxygen atoms in total. The van der Waals surface area contributed by atoms with Crippen LogP contribution in [-0.2, 0) is 17.8 Å². The van der Waals surface area contributed by atoms with E-state index in [4.69, 9.17) is 4.74 Å². The third-order valence-corrected chi connectivity index (χ3v) is 8.44. The van der Waals surface area contributed by atoms with Gasteiger partial charge >= 0.3 is 5.97 Å². The minimum Gasteiger partial charge on any atom is -0.478 e. The normalized spacial score (nSPS) is 14.5. The van der Waals surface area contributed by atoms with Gasteiger partial charge in [-0.25, -0.2) is 4.79 Å². The number of nitrogens with zero attached hydrogens (tertiary/aromatic N) is 1. The number of nitrogens with one attached hydrogen (secondary N) is 1. The Morgan fingerprint density at radius 1 is 1.05 bits per heavy atom. The Balaban J connectivity index is 1.46. The van der Waals surface area contributed by atoms with Crippen LogP contribution in [0.25, 0.3) is 10.9 Å². The summed E-state index contributed by atoms with van der Waals surface area (Å²) < 4.78 is 8.19. The van der Waals surface area contributed by atoms with Crippen LogP contribution in [0.2, 0.25) is 0 Å². The van der Waals surface area contributed by atoms with Crippen molar-refractivity contribution < 1.29 is 19.4 Å². The minimum atomic E-state index is -1.32. The summed E-state index contributed by atoms with van der Waals surface area (Å²) >= 11 is 0. The zero-order valence-electron chi connectivity index (χ0n) is 24.7. The molecule has 1 fully saturated rings. The maximum absolute atomic E-state index is 13.4. The van der Waals surface area contributed by atoms with Crippen molar-refractivity contribution in [2.75, 3.05) is 0 Å². The van der Waals surface area contributed by atoms with Gasteiger partial charge in [-0.05, 0) is 101 Å². The van der Waals surface area contributed by atoms with E-state index in [1.807, 2.05) is 49.4 Å². The van der Waals surface area contributed by atoms with Crippen LogP contribution in [-0.4, -0.2) is 27.2 Å². The average Bonchev–Trinajstić information content (AvgIpc) is 3.15. The molecular weight excluding hydrogens is 512 g/mol. The Labute approximate surface area is 242 Å². The first kappa shape index (κ1) is 28.5. The molecule has 0 bridgehead atoms. The van der Waals surface area contributed by atoms with Gasteiger partial charge in [0.2, 0.25) is 0 Å². The number of carboxylic acid groups (broad SMARTS) is 1. The number of benzene rings is 3. The number of rotatable bonds is 10. The van der Waals surface area contributed by atoms with Gasteiger partial charge < -0.3 is 19.7 Å². The fraction of sp³-hybridized carbons (Fsp3) is 0.371. The summed E-state index contributed by atoms with van der Waals surface area (Å²) in [7, 11) is 0. The smallest absolute Gasteiger partial charge is 0.347 e. The molecule has 1 aliphatic rings. The lowest BCUT2D eigenvalue weighted by Crippen LogP contribution is -2.37. The molecule has 3 aromatic carbocycles. The lowest BCUT2D eigenvalue weighted by Gasteiger charge is -2.27. The van der Waals surface area contributed by atoms with Gasteiger partial charge in [-0.3, -0.25) is 4.79 Å². The van der Waals surface area contributed by atoms with E-state index in [1.165, 1.54) is 36.1 Å². The van der Waals surface area contributed by atoms with Gasteiger partial charge in [0.15, 0.2) is 5.60 Å². The number of amides is 1. The zero-order valence-corrected chi connectivity index (χ0v) is 24.7. The predicted molar refractivity (Wildman–Crippen MR) is 163 cm³/mol. The molecule has 2 N–H and O–H groups in total. The largest absolute Gasteiger partial charge is 0.478 e. The van der Waals surface area contributed by atoms with Crippen molar-refractivity contribution in [3.63, 3.8) is 0 Å². The second kappa shape index (κ2) is 11.4. The molecule has 41 heavy (non-hydrogen) atoms. The van der Waals surface area contributed by atoms with Crippen LogP contribution in [0.15, 0.2) is 66.7 Å². The monoisotopic (exact) mass is 552 g/mol. The van der Waals surface area contributed by atoms with Crippen LogP contribution < -0.4 is 10.1 Å². The van der Waals surface area contributed by atoms with Crippen LogP contribution in [0.4, 0.5) is 0 Å². The first-order valence-corrected chi connectivity index (χ1v) is 14.5. The molecule has 4 aromatic rings. The number of aromatic nitrogens is 1. The van der Waals surface area contributed by atoms with E-state index in [2.05, 4.69) is 41.9 Å². The second-order valence-corrected chi connectivity index (χ2v) is 12.1. The van der Waals surface area contributed by atoms with E-state index in [-0.39, 0.29) is 11.9 Å². The standard InChI is InChI=1S/C35H40N2O4/c1-22-9-6-13-27(17-22)23(2)36-33(38)28-15-16-30-31(24(3)37(32(30)20-28)21-25-10-7-11-25)19-26-12-8-14-29(18-26)41-35(4,5)34(39)40/h6,8-9,12-18,20,23,25H,7,10-11,19,21H2,1-5H3,(H,36,38)(H,39,40)/t23-/m0/s1. The Bertz CT molecular complexity index is 1600. The molecule has 6 heteroatoms. The van der Waals surface area contributed by atoms with E-state index in [0.717, 1.165) is 28.6 Å². The number of hydrogen-bond acceptors (Lipinski definition) is 3. The minimum absolute atomic E-state index is 0.0811. The Hall–Kier alpha value is -4.06. The number of carboxylic acids is 1. The predicted octanol–water partition coefficient (Wildman–Crippen LogP) is 7.38. The molecule has 5 rings (SSSR count). The van der Waals surface area contributed by atoms with E-state index >= 15 is 0 Å². The molecule has 0 aliphatic heterocycles. The van der Waals surface area contributed by atoms with Gasteiger partial charge in [0.05, 0.1) is 6.04 Å². The molecule has 1 aromatic heterocycles. The molecule has 0 unspecified atom stereocenters. The summed E-state index contributed by atoms with van der Waals surface area (Å²) in [6.07, 6.45) is 4.43. The van der Waals surface area contributed by atoms with Crippen LogP contribution in [0.5, 0.6) is 5.75 Å². The van der Waals surface area contributed by atoms with Crippen molar-refractivity contribution in [2.45, 2.75) is 78.5 Å². The molecular formula is C35H40N2O4. The van der Waals surface area contributed by atoms with Crippen molar-refractivity contribution in [1.29, 1.82) is 0 Å². The highest BCUT2D eigenvalue weighted by Gasteiger charge is 2.29. The number of aliphatic carboxylic acids is 1. The molecule has 0 radical (unpaired) electrons. The SMILES string of the molecule is Cc1cccc([C@H](C)NC(=O)c2ccc3c(Cc4cccc(OC(C)(C)C(=O)O)c4)c(C)n(CC4CCC4)c3c2)c1. The van der Waals surface area contributed by atoms with E-state index in [0.29, 0.717) is 23.7 Å². The van der Waals surface area contributed by atoms with Crippen molar-refractivity contribution in [1.82, 2.24) is 9.88 Å². The maximum Gasteiger partial charge on any atom is 0.347 e. The van der Waals surface area contributed by atoms with Gasteiger partial charge in [-0.2, -0.15) is 0 Å². The van der Waals surface area contributed by atoms with E-state index in [9.17, 15) is 14.7 Å². The van der Waals surface area contributed by atoms with Crippen LogP contribution in [0.1, 0.15) is 84.4 Å². The van der Waals surface area contributed by atoms with Gasteiger partial charge in [0.25, 0.3) is 5.91 Å². The molecule has 1 aliphatic carbocycles. The number of carbonyl (C=O) groups is 2. The number of aryl methyl sites for hydroxylation is 1. The lowest BCUT2D eigenvalue weighted by atomic mass is 9.85. The summed E-state index contributed by atoms with van der Waals surface area (Å²) in [5.41, 5.74) is 6.14. The molecule has 1 saturated carbocycles. The fourth-order valence-electron chi connectivity index (χ4n) is 5.65. The van der Waals surface area contributed by atoms with Crippen LogP contribution >= 0.6 is 0 Å². The number of fused-ring (bicyclic) bond motifs is 1. The Kier molecular flexibility index (Phi) is 7.94. The quantitative estimate of drug-likeness (QED) is 0.215. The molecule has 0 spiro atoms. The zero-order chi connectivity index (χ0) is 29.3. The molecule has 1 amide bonds. The van der Waals surface area contributed by atoms with Gasteiger partial charge in [-0.1, -0.05) is 54.4 Å². The molecule has 0 saturated heterocycles. The third kappa shape index (κ3) is 6.17. The summed E-state index contributed by atoms with van der Waals surface area (Å²) in [5, 5.41) is 13.8. The Morgan fingerprint density at radius 2 is 1.80 bits per heavy atom. The summed E-state index contributed by atoms with van der Waals surface area (Å²) in [5.74, 6) is 0.103. The first-order chi connectivity index (χ1) is 19.5. The average molecular weight is 553 g/mol. The first-order valence-electron chi connectivity index (χ1n) is 14.5. The number of hydrogen-bond donors (Lipinski definition) is 2. The van der Waals surface area contributed by atoms with Gasteiger partial charge in [-0.15, -0.1) is 0 Å². The third-order valence-electron chi connectivity index (χ3n) is 8.44.